The molecule has 556 valence electrons. The van der Waals surface area contributed by atoms with E-state index in [0.29, 0.717) is 25.7 Å². The fourth-order valence-electron chi connectivity index (χ4n) is 10.0. The number of carbonyl (C=O) groups excluding carboxylic acids is 4. The number of carbonyl (C=O) groups is 4. The topological polar surface area (TPSA) is 237 Å². The molecule has 0 aromatic carbocycles. The van der Waals surface area contributed by atoms with Crippen molar-refractivity contribution >= 4 is 39.5 Å². The predicted molar refractivity (Wildman–Crippen MR) is 390 cm³/mol. The van der Waals surface area contributed by atoms with Crippen LogP contribution in [0.15, 0.2) is 85.1 Å². The average molecular weight is 1400 g/mol. The number of unbranched alkanes of at least 4 members (excludes halogenated alkanes) is 31. The first-order valence-corrected chi connectivity index (χ1v) is 40.8. The zero-order valence-electron chi connectivity index (χ0n) is 60.5. The summed E-state index contributed by atoms with van der Waals surface area (Å²) in [6.45, 7) is 4.66. The van der Waals surface area contributed by atoms with Gasteiger partial charge in [0.2, 0.25) is 0 Å². The number of hydrogen-bond donors (Lipinski definition) is 3. The Hall–Kier alpha value is -3.76. The van der Waals surface area contributed by atoms with Crippen molar-refractivity contribution in [3.63, 3.8) is 0 Å². The van der Waals surface area contributed by atoms with E-state index in [4.69, 9.17) is 37.0 Å². The van der Waals surface area contributed by atoms with Crippen LogP contribution in [0.1, 0.15) is 323 Å². The lowest BCUT2D eigenvalue weighted by atomic mass is 10.1. The van der Waals surface area contributed by atoms with Crippen molar-refractivity contribution in [3.8, 4) is 0 Å². The zero-order valence-corrected chi connectivity index (χ0v) is 62.3. The standard InChI is InChI=1S/C77H136O17P2/c1-5-9-13-17-21-25-29-32-34-35-37-40-43-46-50-54-58-62-75(80)88-68-73(94-77(82)64-60-56-52-48-44-38-31-27-23-19-15-11-7-3)70-92-96(85,86)90-66-71(78)65-89-95(83,84)91-69-72(93-76(81)63-59-55-51-47-41-28-24-20-16-12-8-4)67-87-74(79)61-57-53-49-45-42-39-36-33-30-26-22-18-14-10-6-2/h9,13,20-22,24-27,31-34,36,71-73,78H,5-8,10-12,14-19,23,28-30,35,37-70H2,1-4H3,(H,83,84)(H,85,86)/b13-9-,24-20-,25-21-,26-22-,31-27-,34-32-,36-33-. The Morgan fingerprint density at radius 2 is 0.552 bits per heavy atom. The maximum Gasteiger partial charge on any atom is 0.472 e. The molecule has 3 N–H and O–H groups in total. The minimum Gasteiger partial charge on any atom is -0.462 e. The van der Waals surface area contributed by atoms with Gasteiger partial charge < -0.3 is 33.8 Å². The summed E-state index contributed by atoms with van der Waals surface area (Å²) in [5.74, 6) is -2.21. The van der Waals surface area contributed by atoms with Crippen molar-refractivity contribution in [2.24, 2.45) is 0 Å². The lowest BCUT2D eigenvalue weighted by Gasteiger charge is -2.21. The monoisotopic (exact) mass is 1390 g/mol. The first kappa shape index (κ1) is 92.2. The zero-order chi connectivity index (χ0) is 70.4. The normalized spacial score (nSPS) is 14.4. The molecule has 19 heteroatoms. The molecule has 0 saturated heterocycles. The van der Waals surface area contributed by atoms with Gasteiger partial charge in [-0.2, -0.15) is 0 Å². The molecule has 96 heavy (non-hydrogen) atoms. The van der Waals surface area contributed by atoms with Crippen LogP contribution in [0.5, 0.6) is 0 Å². The molecular formula is C77H136O17P2. The van der Waals surface area contributed by atoms with Gasteiger partial charge in [-0.3, -0.25) is 37.3 Å². The highest BCUT2D eigenvalue weighted by molar-refractivity contribution is 7.47. The van der Waals surface area contributed by atoms with Crippen molar-refractivity contribution in [2.45, 2.75) is 341 Å². The first-order chi connectivity index (χ1) is 46.7. The minimum atomic E-state index is -4.97. The van der Waals surface area contributed by atoms with Crippen LogP contribution >= 0.6 is 15.6 Å². The summed E-state index contributed by atoms with van der Waals surface area (Å²) in [6, 6.07) is 0. The molecule has 5 unspecified atom stereocenters. The SMILES string of the molecule is CC/C=C\C/C=C\C/C=C\CCCCCCCCCC(=O)OCC(COP(=O)(O)OCC(O)COP(=O)(O)OCC(COC(=O)CCCCCCC/C=C\C/C=C\CCCCC)OC(=O)CCCCCCC/C=C\CCCC)OC(=O)CCCCCCC/C=C\CCCCCC. The van der Waals surface area contributed by atoms with Crippen molar-refractivity contribution in [3.05, 3.63) is 85.1 Å². The smallest absolute Gasteiger partial charge is 0.462 e. The van der Waals surface area contributed by atoms with Crippen LogP contribution in [0.25, 0.3) is 0 Å². The average Bonchev–Trinajstić information content (AvgIpc) is 1.17. The molecule has 0 bridgehead atoms. The van der Waals surface area contributed by atoms with Crippen molar-refractivity contribution < 1.29 is 80.2 Å². The number of esters is 4. The molecule has 0 amide bonds. The number of phosphoric ester groups is 2. The second-order valence-electron chi connectivity index (χ2n) is 25.2. The molecule has 0 heterocycles. The quantitative estimate of drug-likeness (QED) is 0.0169. The molecule has 0 saturated carbocycles. The summed E-state index contributed by atoms with van der Waals surface area (Å²) in [7, 11) is -9.95. The Morgan fingerprint density at radius 3 is 0.896 bits per heavy atom. The van der Waals surface area contributed by atoms with E-state index in [0.717, 1.165) is 186 Å². The van der Waals surface area contributed by atoms with Crippen LogP contribution in [0.3, 0.4) is 0 Å². The van der Waals surface area contributed by atoms with Gasteiger partial charge in [-0.15, -0.1) is 0 Å². The second kappa shape index (κ2) is 69.7. The van der Waals surface area contributed by atoms with Gasteiger partial charge in [0, 0.05) is 25.7 Å². The first-order valence-electron chi connectivity index (χ1n) is 37.8. The van der Waals surface area contributed by atoms with Crippen LogP contribution in [0.4, 0.5) is 0 Å². The molecule has 0 radical (unpaired) electrons. The maximum atomic E-state index is 13.1. The lowest BCUT2D eigenvalue weighted by Crippen LogP contribution is -2.30. The number of phosphoric acid groups is 2. The molecular weight excluding hydrogens is 1260 g/mol. The number of allylic oxidation sites excluding steroid dienone is 14. The number of ether oxygens (including phenoxy) is 4. The van der Waals surface area contributed by atoms with E-state index in [1.807, 2.05) is 0 Å². The van der Waals surface area contributed by atoms with E-state index in [-0.39, 0.29) is 25.7 Å². The molecule has 17 nitrogen and oxygen atoms in total. The van der Waals surface area contributed by atoms with Crippen molar-refractivity contribution in [1.82, 2.24) is 0 Å². The minimum absolute atomic E-state index is 0.0827. The Labute approximate surface area is 583 Å². The van der Waals surface area contributed by atoms with E-state index in [1.165, 1.54) is 57.8 Å². The van der Waals surface area contributed by atoms with Gasteiger partial charge in [0.05, 0.1) is 26.4 Å². The molecule has 0 aliphatic heterocycles. The van der Waals surface area contributed by atoms with Crippen LogP contribution < -0.4 is 0 Å². The van der Waals surface area contributed by atoms with Gasteiger partial charge in [-0.05, 0) is 135 Å². The Balaban J connectivity index is 5.32. The molecule has 0 aliphatic rings. The summed E-state index contributed by atoms with van der Waals surface area (Å²) >= 11 is 0. The van der Waals surface area contributed by atoms with Crippen LogP contribution in [-0.4, -0.2) is 96.7 Å². The van der Waals surface area contributed by atoms with Gasteiger partial charge in [0.25, 0.3) is 0 Å². The maximum absolute atomic E-state index is 13.1. The highest BCUT2D eigenvalue weighted by atomic mass is 31.2. The Bertz CT molecular complexity index is 2160. The van der Waals surface area contributed by atoms with Gasteiger partial charge >= 0.3 is 39.5 Å². The van der Waals surface area contributed by atoms with E-state index >= 15 is 0 Å². The van der Waals surface area contributed by atoms with Crippen molar-refractivity contribution in [1.29, 1.82) is 0 Å². The molecule has 0 rings (SSSR count). The van der Waals surface area contributed by atoms with E-state index in [1.54, 1.807) is 0 Å². The number of hydrogen-bond acceptors (Lipinski definition) is 15. The van der Waals surface area contributed by atoms with Crippen molar-refractivity contribution in [2.75, 3.05) is 39.6 Å². The summed E-state index contributed by atoms with van der Waals surface area (Å²) in [4.78, 5) is 72.7. The number of aliphatic hydroxyl groups excluding tert-OH is 1. The lowest BCUT2D eigenvalue weighted by molar-refractivity contribution is -0.161. The van der Waals surface area contributed by atoms with E-state index in [2.05, 4.69) is 113 Å². The summed E-state index contributed by atoms with van der Waals surface area (Å²) in [5, 5.41) is 10.6. The molecule has 0 aromatic heterocycles. The van der Waals surface area contributed by atoms with Crippen LogP contribution in [0.2, 0.25) is 0 Å². The molecule has 5 atom stereocenters. The van der Waals surface area contributed by atoms with Crippen LogP contribution in [-0.2, 0) is 65.4 Å². The molecule has 0 aliphatic carbocycles. The van der Waals surface area contributed by atoms with Gasteiger partial charge in [-0.25, -0.2) is 9.13 Å². The van der Waals surface area contributed by atoms with E-state index in [9.17, 15) is 43.2 Å². The highest BCUT2D eigenvalue weighted by Crippen LogP contribution is 2.45. The van der Waals surface area contributed by atoms with Gasteiger partial charge in [0.15, 0.2) is 12.2 Å². The summed E-state index contributed by atoms with van der Waals surface area (Å²) < 4.78 is 68.4. The predicted octanol–water partition coefficient (Wildman–Crippen LogP) is 21.4. The number of rotatable bonds is 71. The third kappa shape index (κ3) is 68.8. The third-order valence-electron chi connectivity index (χ3n) is 15.8. The second-order valence-corrected chi connectivity index (χ2v) is 28.1. The third-order valence-corrected chi connectivity index (χ3v) is 17.7. The van der Waals surface area contributed by atoms with Gasteiger partial charge in [-0.1, -0.05) is 248 Å². The molecule has 0 aromatic rings. The van der Waals surface area contributed by atoms with Gasteiger partial charge in [0.1, 0.15) is 19.3 Å². The van der Waals surface area contributed by atoms with E-state index < -0.39 is 97.5 Å². The molecule has 0 fully saturated rings. The highest BCUT2D eigenvalue weighted by Gasteiger charge is 2.30. The fraction of sp³-hybridized carbons (Fsp3) is 0.766. The molecule has 0 spiro atoms. The summed E-state index contributed by atoms with van der Waals surface area (Å²) in [6.07, 6.45) is 70.0. The summed E-state index contributed by atoms with van der Waals surface area (Å²) in [5.41, 5.74) is 0. The largest absolute Gasteiger partial charge is 0.472 e. The van der Waals surface area contributed by atoms with Crippen LogP contribution in [0, 0.1) is 0 Å². The fourth-order valence-corrected chi connectivity index (χ4v) is 11.6. The Kier molecular flexibility index (Phi) is 67.0. The Morgan fingerprint density at radius 1 is 0.302 bits per heavy atom. The number of aliphatic hydroxyl groups is 1.